The van der Waals surface area contributed by atoms with Crippen LogP contribution in [0.25, 0.3) is 11.5 Å². The molecule has 8 heteroatoms. The molecule has 2 aromatic rings. The highest BCUT2D eigenvalue weighted by molar-refractivity contribution is 5.49. The van der Waals surface area contributed by atoms with E-state index in [1.807, 2.05) is 0 Å². The Bertz CT molecular complexity index is 453. The van der Waals surface area contributed by atoms with Crippen LogP contribution in [0.4, 0.5) is 5.95 Å². The van der Waals surface area contributed by atoms with Crippen molar-refractivity contribution in [3.05, 3.63) is 6.20 Å². The molecule has 1 saturated heterocycles. The van der Waals surface area contributed by atoms with Crippen LogP contribution in [0.3, 0.4) is 0 Å². The van der Waals surface area contributed by atoms with Crippen molar-refractivity contribution in [3.63, 3.8) is 0 Å². The Morgan fingerprint density at radius 2 is 2.18 bits per heavy atom. The van der Waals surface area contributed by atoms with Crippen LogP contribution in [0.15, 0.2) is 6.20 Å². The van der Waals surface area contributed by atoms with Crippen molar-refractivity contribution in [2.24, 2.45) is 0 Å². The van der Waals surface area contributed by atoms with Crippen LogP contribution >= 0.6 is 0 Å². The predicted molar refractivity (Wildman–Crippen MR) is 61.5 cm³/mol. The first-order chi connectivity index (χ1) is 8.43. The highest BCUT2D eigenvalue weighted by Crippen LogP contribution is 2.14. The van der Waals surface area contributed by atoms with Gasteiger partial charge in [0, 0.05) is 19.6 Å². The van der Waals surface area contributed by atoms with Gasteiger partial charge in [-0.25, -0.2) is 0 Å². The summed E-state index contributed by atoms with van der Waals surface area (Å²) < 4.78 is 0. The average molecular weight is 234 g/mol. The smallest absolute Gasteiger partial charge is 0.245 e. The predicted octanol–water partition coefficient (Wildman–Crippen LogP) is -0.611. The zero-order chi connectivity index (χ0) is 11.5. The lowest BCUT2D eigenvalue weighted by atomic mass is 10.4. The quantitative estimate of drug-likeness (QED) is 0.641. The molecule has 0 aliphatic carbocycles. The summed E-state index contributed by atoms with van der Waals surface area (Å²) in [4.78, 5) is 6.59. The number of H-pyrrole nitrogens is 2. The fourth-order valence-electron chi connectivity index (χ4n) is 1.87. The van der Waals surface area contributed by atoms with E-state index in [1.54, 1.807) is 6.20 Å². The van der Waals surface area contributed by atoms with Crippen molar-refractivity contribution in [1.82, 2.24) is 35.9 Å². The van der Waals surface area contributed by atoms with Gasteiger partial charge >= 0.3 is 0 Å². The van der Waals surface area contributed by atoms with E-state index in [4.69, 9.17) is 0 Å². The summed E-state index contributed by atoms with van der Waals surface area (Å²) >= 11 is 0. The van der Waals surface area contributed by atoms with Gasteiger partial charge in [-0.05, 0) is 13.0 Å². The second-order valence-corrected chi connectivity index (χ2v) is 3.93. The monoisotopic (exact) mass is 234 g/mol. The molecule has 1 aliphatic rings. The topological polar surface area (TPSA) is 98.4 Å². The molecule has 0 saturated carbocycles. The Labute approximate surface area is 97.8 Å². The second kappa shape index (κ2) is 4.50. The maximum absolute atomic E-state index is 4.43. The van der Waals surface area contributed by atoms with Crippen molar-refractivity contribution in [3.8, 4) is 11.5 Å². The summed E-state index contributed by atoms with van der Waals surface area (Å²) in [6, 6.07) is 0. The fourth-order valence-corrected chi connectivity index (χ4v) is 1.87. The zero-order valence-corrected chi connectivity index (χ0v) is 9.35. The number of hydrogen-bond acceptors (Lipinski definition) is 6. The number of aromatic amines is 2. The first-order valence-corrected chi connectivity index (χ1v) is 5.68. The van der Waals surface area contributed by atoms with E-state index in [1.165, 1.54) is 0 Å². The minimum Gasteiger partial charge on any atom is -0.338 e. The van der Waals surface area contributed by atoms with E-state index in [2.05, 4.69) is 40.8 Å². The van der Waals surface area contributed by atoms with Gasteiger partial charge in [0.15, 0.2) is 5.82 Å². The van der Waals surface area contributed by atoms with Gasteiger partial charge in [-0.3, -0.25) is 5.10 Å². The Hall–Kier alpha value is -1.96. The fraction of sp³-hybridized carbons (Fsp3) is 0.556. The van der Waals surface area contributed by atoms with E-state index in [9.17, 15) is 0 Å². The molecule has 0 unspecified atom stereocenters. The van der Waals surface area contributed by atoms with Crippen molar-refractivity contribution < 1.29 is 0 Å². The molecule has 1 fully saturated rings. The minimum atomic E-state index is 0.644. The van der Waals surface area contributed by atoms with Crippen LogP contribution in [0.2, 0.25) is 0 Å². The van der Waals surface area contributed by atoms with Crippen LogP contribution in [-0.2, 0) is 0 Å². The van der Waals surface area contributed by atoms with Gasteiger partial charge in [0.05, 0.1) is 6.20 Å². The lowest BCUT2D eigenvalue weighted by Gasteiger charge is -2.16. The van der Waals surface area contributed by atoms with E-state index < -0.39 is 0 Å². The van der Waals surface area contributed by atoms with E-state index >= 15 is 0 Å². The van der Waals surface area contributed by atoms with E-state index in [0.29, 0.717) is 11.5 Å². The number of hydrogen-bond donors (Lipinski definition) is 3. The van der Waals surface area contributed by atoms with Crippen molar-refractivity contribution in [2.45, 2.75) is 6.42 Å². The van der Waals surface area contributed by atoms with Crippen LogP contribution < -0.4 is 10.2 Å². The SMILES string of the molecule is c1n[nH]nc1-c1nc(N2CCCNCC2)n[nH]1. The Morgan fingerprint density at radius 3 is 3.06 bits per heavy atom. The highest BCUT2D eigenvalue weighted by Gasteiger charge is 2.15. The molecule has 0 aromatic carbocycles. The molecule has 8 nitrogen and oxygen atoms in total. The van der Waals surface area contributed by atoms with Gasteiger partial charge < -0.3 is 10.2 Å². The number of nitrogens with zero attached hydrogens (tertiary/aromatic N) is 5. The van der Waals surface area contributed by atoms with Crippen molar-refractivity contribution in [1.29, 1.82) is 0 Å². The number of rotatable bonds is 2. The molecular formula is C9H14N8. The average Bonchev–Trinajstić information content (AvgIpc) is 2.95. The van der Waals surface area contributed by atoms with Crippen molar-refractivity contribution in [2.75, 3.05) is 31.1 Å². The van der Waals surface area contributed by atoms with E-state index in [0.717, 1.165) is 38.5 Å². The van der Waals surface area contributed by atoms with Crippen LogP contribution in [0.1, 0.15) is 6.42 Å². The molecule has 2 aromatic heterocycles. The van der Waals surface area contributed by atoms with Gasteiger partial charge in [0.2, 0.25) is 5.95 Å². The summed E-state index contributed by atoms with van der Waals surface area (Å²) in [5.41, 5.74) is 0.677. The second-order valence-electron chi connectivity index (χ2n) is 3.93. The number of aromatic nitrogens is 6. The molecule has 17 heavy (non-hydrogen) atoms. The lowest BCUT2D eigenvalue weighted by molar-refractivity contribution is 0.724. The Balaban J connectivity index is 1.79. The van der Waals surface area contributed by atoms with Gasteiger partial charge in [-0.1, -0.05) is 0 Å². The number of anilines is 1. The largest absolute Gasteiger partial charge is 0.338 e. The molecule has 0 bridgehead atoms. The maximum Gasteiger partial charge on any atom is 0.245 e. The van der Waals surface area contributed by atoms with Gasteiger partial charge in [-0.2, -0.15) is 20.4 Å². The molecule has 3 rings (SSSR count). The molecule has 3 heterocycles. The summed E-state index contributed by atoms with van der Waals surface area (Å²) in [6.07, 6.45) is 2.72. The zero-order valence-electron chi connectivity index (χ0n) is 9.35. The summed E-state index contributed by atoms with van der Waals surface area (Å²) in [5.74, 6) is 1.37. The highest BCUT2D eigenvalue weighted by atomic mass is 15.4. The van der Waals surface area contributed by atoms with Gasteiger partial charge in [0.1, 0.15) is 5.69 Å². The molecule has 0 spiro atoms. The molecule has 0 radical (unpaired) electrons. The first-order valence-electron chi connectivity index (χ1n) is 5.68. The molecule has 90 valence electrons. The Kier molecular flexibility index (Phi) is 2.70. The number of nitrogens with one attached hydrogen (secondary N) is 3. The van der Waals surface area contributed by atoms with Crippen molar-refractivity contribution >= 4 is 5.95 Å². The molecule has 0 atom stereocenters. The molecular weight excluding hydrogens is 220 g/mol. The summed E-state index contributed by atoms with van der Waals surface area (Å²) in [7, 11) is 0. The molecule has 0 amide bonds. The minimum absolute atomic E-state index is 0.644. The normalized spacial score (nSPS) is 17.1. The van der Waals surface area contributed by atoms with Crippen LogP contribution in [0.5, 0.6) is 0 Å². The molecule has 1 aliphatic heterocycles. The standard InChI is InChI=1S/C9H14N8/c1-2-10-3-5-17(4-1)9-12-8(14-15-9)7-6-11-16-13-7/h6,10H,1-5H2,(H,11,13,16)(H,12,14,15). The van der Waals surface area contributed by atoms with Gasteiger partial charge in [-0.15, -0.1) is 5.10 Å². The summed E-state index contributed by atoms with van der Waals surface area (Å²) in [6.45, 7) is 3.92. The maximum atomic E-state index is 4.43. The first kappa shape index (κ1) is 10.2. The third-order valence-electron chi connectivity index (χ3n) is 2.75. The van der Waals surface area contributed by atoms with Crippen LogP contribution in [-0.4, -0.2) is 56.8 Å². The third kappa shape index (κ3) is 2.11. The molecule has 3 N–H and O–H groups in total. The van der Waals surface area contributed by atoms with Gasteiger partial charge in [0.25, 0.3) is 0 Å². The third-order valence-corrected chi connectivity index (χ3v) is 2.75. The van der Waals surface area contributed by atoms with Crippen LogP contribution in [0, 0.1) is 0 Å². The van der Waals surface area contributed by atoms with E-state index in [-0.39, 0.29) is 0 Å². The lowest BCUT2D eigenvalue weighted by Crippen LogP contribution is -2.28. The Morgan fingerprint density at radius 1 is 1.18 bits per heavy atom. The summed E-state index contributed by atoms with van der Waals surface area (Å²) in [5, 5.41) is 20.7.